The van der Waals surface area contributed by atoms with E-state index >= 15 is 0 Å². The second kappa shape index (κ2) is 7.77. The first kappa shape index (κ1) is 17.9. The van der Waals surface area contributed by atoms with Crippen molar-refractivity contribution < 1.29 is 0 Å². The molecule has 0 aromatic rings. The molecule has 1 aliphatic carbocycles. The van der Waals surface area contributed by atoms with E-state index in [1.807, 2.05) is 27.7 Å². The van der Waals surface area contributed by atoms with E-state index in [9.17, 15) is 0 Å². The third-order valence-corrected chi connectivity index (χ3v) is 5.17. The highest BCUT2D eigenvalue weighted by molar-refractivity contribution is 5.16. The number of piperidine rings is 1. The molecule has 0 aromatic heterocycles. The van der Waals surface area contributed by atoms with Gasteiger partial charge in [-0.2, -0.15) is 0 Å². The Morgan fingerprint density at radius 1 is 0.900 bits per heavy atom. The lowest BCUT2D eigenvalue weighted by Gasteiger charge is -2.34. The summed E-state index contributed by atoms with van der Waals surface area (Å²) in [6.45, 7) is 16.8. The minimum absolute atomic E-state index is 0.685. The van der Waals surface area contributed by atoms with Gasteiger partial charge in [-0.1, -0.05) is 27.7 Å². The Morgan fingerprint density at radius 2 is 1.45 bits per heavy atom. The average Bonchev–Trinajstić information content (AvgIpc) is 3.12. The standard InChI is InChI=1S/C13H25N3.2C2H6/c1-11-8-13(9-12(13)15(11)3)10-16-6-4-14(2)5-7-16;2*1-2/h11-12H,4-10H2,1-3H3;2*1-2H3. The number of piperazine rings is 1. The van der Waals surface area contributed by atoms with Gasteiger partial charge in [-0.3, -0.25) is 0 Å². The van der Waals surface area contributed by atoms with Crippen LogP contribution in [0.25, 0.3) is 0 Å². The Hall–Kier alpha value is -0.120. The predicted molar refractivity (Wildman–Crippen MR) is 89.3 cm³/mol. The Morgan fingerprint density at radius 3 is 1.90 bits per heavy atom. The summed E-state index contributed by atoms with van der Waals surface area (Å²) >= 11 is 0. The zero-order chi connectivity index (χ0) is 15.3. The van der Waals surface area contributed by atoms with Gasteiger partial charge in [0.05, 0.1) is 0 Å². The van der Waals surface area contributed by atoms with E-state index in [1.165, 1.54) is 45.6 Å². The van der Waals surface area contributed by atoms with Gasteiger partial charge in [0, 0.05) is 50.2 Å². The molecule has 2 saturated heterocycles. The molecular weight excluding hydrogens is 246 g/mol. The van der Waals surface area contributed by atoms with Gasteiger partial charge in [0.1, 0.15) is 0 Å². The van der Waals surface area contributed by atoms with Crippen molar-refractivity contribution in [3.05, 3.63) is 0 Å². The summed E-state index contributed by atoms with van der Waals surface area (Å²) in [5.41, 5.74) is 0.685. The second-order valence-electron chi connectivity index (χ2n) is 6.38. The number of fused-ring (bicyclic) bond motifs is 1. The van der Waals surface area contributed by atoms with Gasteiger partial charge in [-0.25, -0.2) is 0 Å². The minimum atomic E-state index is 0.685. The molecule has 0 bridgehead atoms. The van der Waals surface area contributed by atoms with E-state index in [4.69, 9.17) is 0 Å². The summed E-state index contributed by atoms with van der Waals surface area (Å²) in [5.74, 6) is 0. The van der Waals surface area contributed by atoms with Crippen molar-refractivity contribution in [3.8, 4) is 0 Å². The molecule has 3 aliphatic rings. The summed E-state index contributed by atoms with van der Waals surface area (Å²) in [6.07, 6.45) is 2.89. The molecular formula is C17H37N3. The van der Waals surface area contributed by atoms with Crippen LogP contribution in [0.5, 0.6) is 0 Å². The fourth-order valence-electron chi connectivity index (χ4n) is 3.85. The summed E-state index contributed by atoms with van der Waals surface area (Å²) in [6, 6.07) is 1.72. The first-order chi connectivity index (χ1) is 9.61. The van der Waals surface area contributed by atoms with Crippen LogP contribution in [-0.4, -0.2) is 73.6 Å². The largest absolute Gasteiger partial charge is 0.304 e. The molecule has 0 amide bonds. The molecule has 3 rings (SSSR count). The third kappa shape index (κ3) is 3.75. The molecule has 3 unspecified atom stereocenters. The Kier molecular flexibility index (Phi) is 6.96. The molecule has 0 radical (unpaired) electrons. The maximum Gasteiger partial charge on any atom is 0.0171 e. The SMILES string of the molecule is CC.CC.CC1CC2(CN3CCN(C)CC3)CC2N1C. The maximum atomic E-state index is 2.70. The molecule has 0 spiro atoms. The van der Waals surface area contributed by atoms with Crippen LogP contribution in [0.15, 0.2) is 0 Å². The fraction of sp³-hybridized carbons (Fsp3) is 1.00. The molecule has 120 valence electrons. The van der Waals surface area contributed by atoms with Crippen LogP contribution in [-0.2, 0) is 0 Å². The quantitative estimate of drug-likeness (QED) is 0.771. The summed E-state index contributed by atoms with van der Waals surface area (Å²) in [5, 5.41) is 0. The molecule has 2 aliphatic heterocycles. The first-order valence-corrected chi connectivity index (χ1v) is 8.74. The summed E-state index contributed by atoms with van der Waals surface area (Å²) < 4.78 is 0. The highest BCUT2D eigenvalue weighted by atomic mass is 15.3. The molecule has 3 atom stereocenters. The van der Waals surface area contributed by atoms with Crippen molar-refractivity contribution in [2.24, 2.45) is 5.41 Å². The van der Waals surface area contributed by atoms with Crippen molar-refractivity contribution in [2.75, 3.05) is 46.8 Å². The van der Waals surface area contributed by atoms with Gasteiger partial charge in [-0.05, 0) is 33.9 Å². The van der Waals surface area contributed by atoms with Crippen LogP contribution >= 0.6 is 0 Å². The van der Waals surface area contributed by atoms with Crippen LogP contribution in [0.3, 0.4) is 0 Å². The molecule has 1 saturated carbocycles. The highest BCUT2D eigenvalue weighted by Crippen LogP contribution is 2.59. The third-order valence-electron chi connectivity index (χ3n) is 5.17. The minimum Gasteiger partial charge on any atom is -0.304 e. The van der Waals surface area contributed by atoms with E-state index in [2.05, 4.69) is 35.7 Å². The Bertz CT molecular complexity index is 273. The maximum absolute atomic E-state index is 2.70. The van der Waals surface area contributed by atoms with Gasteiger partial charge in [0.15, 0.2) is 0 Å². The Labute approximate surface area is 127 Å². The van der Waals surface area contributed by atoms with Crippen molar-refractivity contribution in [1.29, 1.82) is 0 Å². The number of hydrogen-bond donors (Lipinski definition) is 0. The fourth-order valence-corrected chi connectivity index (χ4v) is 3.85. The molecule has 3 fully saturated rings. The van der Waals surface area contributed by atoms with E-state index in [0.29, 0.717) is 5.41 Å². The molecule has 3 heteroatoms. The van der Waals surface area contributed by atoms with Crippen LogP contribution in [0.2, 0.25) is 0 Å². The second-order valence-corrected chi connectivity index (χ2v) is 6.38. The summed E-state index contributed by atoms with van der Waals surface area (Å²) in [4.78, 5) is 7.75. The van der Waals surface area contributed by atoms with Crippen molar-refractivity contribution in [3.63, 3.8) is 0 Å². The molecule has 0 N–H and O–H groups in total. The average molecular weight is 284 g/mol. The molecule has 2 heterocycles. The lowest BCUT2D eigenvalue weighted by molar-refractivity contribution is 0.129. The number of rotatable bonds is 2. The molecule has 0 aromatic carbocycles. The van der Waals surface area contributed by atoms with Crippen LogP contribution < -0.4 is 0 Å². The highest BCUT2D eigenvalue weighted by Gasteiger charge is 2.62. The topological polar surface area (TPSA) is 9.72 Å². The first-order valence-electron chi connectivity index (χ1n) is 8.74. The Balaban J connectivity index is 0.000000461. The van der Waals surface area contributed by atoms with E-state index in [1.54, 1.807) is 0 Å². The van der Waals surface area contributed by atoms with E-state index in [-0.39, 0.29) is 0 Å². The zero-order valence-electron chi connectivity index (χ0n) is 14.9. The van der Waals surface area contributed by atoms with Crippen molar-refractivity contribution in [2.45, 2.75) is 59.5 Å². The van der Waals surface area contributed by atoms with Crippen LogP contribution in [0.1, 0.15) is 47.5 Å². The number of hydrogen-bond acceptors (Lipinski definition) is 3. The predicted octanol–water partition coefficient (Wildman–Crippen LogP) is 2.77. The van der Waals surface area contributed by atoms with Crippen molar-refractivity contribution >= 4 is 0 Å². The van der Waals surface area contributed by atoms with E-state index in [0.717, 1.165) is 12.1 Å². The lowest BCUT2D eigenvalue weighted by Crippen LogP contribution is -2.46. The number of likely N-dealkylation sites (tertiary alicyclic amines) is 1. The van der Waals surface area contributed by atoms with Gasteiger partial charge < -0.3 is 14.7 Å². The monoisotopic (exact) mass is 283 g/mol. The van der Waals surface area contributed by atoms with E-state index < -0.39 is 0 Å². The normalized spacial score (nSPS) is 37.4. The number of likely N-dealkylation sites (N-methyl/N-ethyl adjacent to an activating group) is 1. The lowest BCUT2D eigenvalue weighted by atomic mass is 9.99. The van der Waals surface area contributed by atoms with Gasteiger partial charge in [0.2, 0.25) is 0 Å². The number of nitrogens with zero attached hydrogens (tertiary/aromatic N) is 3. The molecule has 3 nitrogen and oxygen atoms in total. The van der Waals surface area contributed by atoms with Crippen molar-refractivity contribution in [1.82, 2.24) is 14.7 Å². The molecule has 20 heavy (non-hydrogen) atoms. The summed E-state index contributed by atoms with van der Waals surface area (Å²) in [7, 11) is 4.55. The van der Waals surface area contributed by atoms with Crippen LogP contribution in [0.4, 0.5) is 0 Å². The zero-order valence-corrected chi connectivity index (χ0v) is 14.9. The van der Waals surface area contributed by atoms with Gasteiger partial charge in [0.25, 0.3) is 0 Å². The van der Waals surface area contributed by atoms with Crippen LogP contribution in [0, 0.1) is 5.41 Å². The van der Waals surface area contributed by atoms with Gasteiger partial charge >= 0.3 is 0 Å². The smallest absolute Gasteiger partial charge is 0.0171 e. The van der Waals surface area contributed by atoms with Gasteiger partial charge in [-0.15, -0.1) is 0 Å².